The molecule has 10 aromatic rings. The molecular formula is C59H59ClF2N16O6. The topological polar surface area (TPSA) is 269 Å². The van der Waals surface area contributed by atoms with Gasteiger partial charge in [-0.25, -0.2) is 62.8 Å². The summed E-state index contributed by atoms with van der Waals surface area (Å²) in [5.74, 6) is 4.03. The summed E-state index contributed by atoms with van der Waals surface area (Å²) in [5.41, 5.74) is 17.8. The maximum atomic E-state index is 14.4. The van der Waals surface area contributed by atoms with Crippen LogP contribution in [0.25, 0.3) is 44.6 Å². The number of benzene rings is 4. The lowest BCUT2D eigenvalue weighted by atomic mass is 10.0. The van der Waals surface area contributed by atoms with E-state index in [4.69, 9.17) is 45.3 Å². The molecule has 2 saturated heterocycles. The summed E-state index contributed by atoms with van der Waals surface area (Å²) in [7, 11) is 0. The van der Waals surface area contributed by atoms with Crippen LogP contribution >= 0.6 is 12.4 Å². The van der Waals surface area contributed by atoms with Crippen molar-refractivity contribution in [2.45, 2.75) is 66.5 Å². The predicted molar refractivity (Wildman–Crippen MR) is 310 cm³/mol. The van der Waals surface area contributed by atoms with Crippen molar-refractivity contribution in [3.05, 3.63) is 157 Å². The van der Waals surface area contributed by atoms with Crippen LogP contribution < -0.4 is 35.7 Å². The van der Waals surface area contributed by atoms with Gasteiger partial charge < -0.3 is 45.4 Å². The van der Waals surface area contributed by atoms with Crippen molar-refractivity contribution in [3.8, 4) is 57.0 Å². The van der Waals surface area contributed by atoms with Gasteiger partial charge in [0.05, 0.1) is 10.8 Å². The second kappa shape index (κ2) is 24.8. The first-order chi connectivity index (χ1) is 40.0. The number of aryl methyl sites for hydroxylation is 2. The molecule has 0 bridgehead atoms. The number of ether oxygens (including phenoxy) is 5. The molecule has 0 unspecified atom stereocenters. The molecule has 22 nitrogen and oxygen atoms in total. The summed E-state index contributed by atoms with van der Waals surface area (Å²) < 4.78 is 61.2. The largest absolute Gasteiger partial charge is 0.489 e. The molecule has 0 spiro atoms. The Hall–Kier alpha value is -9.68. The number of hydrogen-bond acceptors (Lipinski definition) is 19. The van der Waals surface area contributed by atoms with Crippen LogP contribution in [-0.4, -0.2) is 102 Å². The summed E-state index contributed by atoms with van der Waals surface area (Å²) in [4.78, 5) is 47.9. The number of nitrogens with two attached hydrogens (primary N) is 2. The Morgan fingerprint density at radius 1 is 0.583 bits per heavy atom. The van der Waals surface area contributed by atoms with Crippen LogP contribution in [0.3, 0.4) is 0 Å². The molecule has 6 aromatic heterocycles. The van der Waals surface area contributed by atoms with Crippen LogP contribution in [0.5, 0.6) is 34.5 Å². The van der Waals surface area contributed by atoms with Crippen molar-refractivity contribution in [2.75, 3.05) is 37.6 Å². The maximum Gasteiger partial charge on any atom is 0.410 e. The Morgan fingerprint density at radius 2 is 1.00 bits per heavy atom. The van der Waals surface area contributed by atoms with E-state index in [1.165, 1.54) is 36.9 Å². The zero-order chi connectivity index (χ0) is 57.8. The van der Waals surface area contributed by atoms with Crippen molar-refractivity contribution in [2.24, 2.45) is 11.8 Å². The second-order valence-electron chi connectivity index (χ2n) is 21.1. The first kappa shape index (κ1) is 57.6. The summed E-state index contributed by atoms with van der Waals surface area (Å²) in [6, 6.07) is 23.0. The first-order valence-corrected chi connectivity index (χ1v) is 26.6. The van der Waals surface area contributed by atoms with Crippen molar-refractivity contribution in [1.82, 2.24) is 69.6 Å². The molecule has 0 saturated carbocycles. The lowest BCUT2D eigenvalue weighted by Crippen LogP contribution is -2.52. The number of nitrogens with one attached hydrogen (secondary N) is 1. The molecule has 2 fully saturated rings. The standard InChI is InChI=1S/C32H33FN8O4.C27H25FN8O2.ClH/c1-19-35-12-20(13-36-19)17-43-25-9-23(33)10-26(11-25)44-24-7-5-22(6-8-24)28-27-29(34)37-18-38-30(27)41(39-28)16-21-14-40(15-21)31(42)45-32(2,3)4;1-16-31-11-18(12-32-16)14-37-22-6-20(28)7-23(8-22)38-21-4-2-19(3-5-21)25-24-26(29)33-15-34-27(24)36(35-25)13-17-9-30-10-17;/h5-13,18,21H,14-17H2,1-4H3,(H2,34,37,38);2-8,11-12,15,17,30H,9-10,13-14H2,1H3,(H2,29,33,34);1H. The van der Waals surface area contributed by atoms with Gasteiger partial charge in [-0.3, -0.25) is 0 Å². The number of likely N-dealkylation sites (tertiary alicyclic amines) is 1. The van der Waals surface area contributed by atoms with Crippen LogP contribution in [0.4, 0.5) is 25.2 Å². The van der Waals surface area contributed by atoms with Gasteiger partial charge >= 0.3 is 6.09 Å². The number of aromatic nitrogens is 12. The smallest absolute Gasteiger partial charge is 0.410 e. The Bertz CT molecular complexity index is 3930. The average molecular weight is 1160 g/mol. The van der Waals surface area contributed by atoms with Crippen molar-refractivity contribution in [3.63, 3.8) is 0 Å². The van der Waals surface area contributed by atoms with Crippen molar-refractivity contribution in [1.29, 1.82) is 0 Å². The van der Waals surface area contributed by atoms with Crippen molar-refractivity contribution >= 4 is 52.2 Å². The number of anilines is 2. The highest BCUT2D eigenvalue weighted by atomic mass is 35.5. The molecule has 84 heavy (non-hydrogen) atoms. The molecular weight excluding hydrogens is 1100 g/mol. The third kappa shape index (κ3) is 13.8. The highest BCUT2D eigenvalue weighted by Crippen LogP contribution is 2.36. The number of nitrogen functional groups attached to an aromatic ring is 2. The van der Waals surface area contributed by atoms with Crippen LogP contribution in [0.15, 0.2) is 122 Å². The van der Waals surface area contributed by atoms with E-state index in [0.717, 1.165) is 47.3 Å². The van der Waals surface area contributed by atoms with E-state index < -0.39 is 17.2 Å². The van der Waals surface area contributed by atoms with Gasteiger partial charge in [0.1, 0.15) is 112 Å². The zero-order valence-corrected chi connectivity index (χ0v) is 47.3. The normalized spacial score (nSPS) is 13.3. The average Bonchev–Trinajstić information content (AvgIpc) is 2.21. The summed E-state index contributed by atoms with van der Waals surface area (Å²) in [6.45, 7) is 13.9. The fourth-order valence-corrected chi connectivity index (χ4v) is 9.16. The summed E-state index contributed by atoms with van der Waals surface area (Å²) >= 11 is 0. The van der Waals surface area contributed by atoms with E-state index in [1.807, 2.05) is 49.7 Å². The number of hydrogen-bond donors (Lipinski definition) is 3. The monoisotopic (exact) mass is 1160 g/mol. The third-order valence-corrected chi connectivity index (χ3v) is 13.4. The molecule has 8 heterocycles. The van der Waals surface area contributed by atoms with Crippen LogP contribution in [0.2, 0.25) is 0 Å². The van der Waals surface area contributed by atoms with Gasteiger partial charge in [-0.1, -0.05) is 0 Å². The molecule has 0 radical (unpaired) electrons. The SMILES string of the molecule is Cc1ncc(COc2cc(F)cc(Oc3ccc(-c4nn(CC5CN(C(=O)OC(C)(C)C)C5)c5ncnc(N)c45)cc3)c2)cn1.Cc1ncc(COc2cc(F)cc(Oc3ccc(-c4nn(CC5CNC5)c5ncnc(N)c45)cc3)c2)cn1.Cl. The van der Waals surface area contributed by atoms with Gasteiger partial charge in [0.2, 0.25) is 0 Å². The minimum atomic E-state index is -0.545. The Balaban J connectivity index is 0.000000187. The highest BCUT2D eigenvalue weighted by Gasteiger charge is 2.35. The number of carbonyl (C=O) groups is 1. The second-order valence-corrected chi connectivity index (χ2v) is 21.1. The van der Waals surface area contributed by atoms with E-state index in [2.05, 4.69) is 45.2 Å². The molecule has 2 aliphatic rings. The number of rotatable bonds is 16. The molecule has 5 N–H and O–H groups in total. The minimum Gasteiger partial charge on any atom is -0.489 e. The maximum absolute atomic E-state index is 14.4. The van der Waals surface area contributed by atoms with Gasteiger partial charge in [0, 0.05) is 135 Å². The van der Waals surface area contributed by atoms with Gasteiger partial charge in [0.25, 0.3) is 0 Å². The first-order valence-electron chi connectivity index (χ1n) is 26.6. The van der Waals surface area contributed by atoms with E-state index in [0.29, 0.717) is 106 Å². The van der Waals surface area contributed by atoms with E-state index >= 15 is 0 Å². The lowest BCUT2D eigenvalue weighted by Gasteiger charge is -2.39. The summed E-state index contributed by atoms with van der Waals surface area (Å²) in [6.07, 6.45) is 9.24. The predicted octanol–water partition coefficient (Wildman–Crippen LogP) is 9.88. The molecule has 2 aliphatic heterocycles. The van der Waals surface area contributed by atoms with Gasteiger partial charge in [0.15, 0.2) is 11.3 Å². The van der Waals surface area contributed by atoms with Crippen LogP contribution in [0, 0.1) is 37.3 Å². The quantitative estimate of drug-likeness (QED) is 0.0812. The fraction of sp³-hybridized carbons (Fsp3) is 0.271. The minimum absolute atomic E-state index is 0. The van der Waals surface area contributed by atoms with Gasteiger partial charge in [-0.05, 0) is 83.1 Å². The number of amides is 1. The molecule has 0 atom stereocenters. The molecule has 25 heteroatoms. The van der Waals surface area contributed by atoms with Crippen LogP contribution in [0.1, 0.15) is 43.5 Å². The number of halogens is 3. The number of carbonyl (C=O) groups excluding carboxylic acids is 1. The van der Waals surface area contributed by atoms with Crippen LogP contribution in [-0.2, 0) is 31.0 Å². The number of fused-ring (bicyclic) bond motifs is 2. The summed E-state index contributed by atoms with van der Waals surface area (Å²) in [5, 5.41) is 14.3. The highest BCUT2D eigenvalue weighted by molar-refractivity contribution is 5.99. The fourth-order valence-electron chi connectivity index (χ4n) is 9.16. The Labute approximate surface area is 487 Å². The van der Waals surface area contributed by atoms with Gasteiger partial charge in [-0.2, -0.15) is 10.2 Å². The Kier molecular flexibility index (Phi) is 17.0. The zero-order valence-electron chi connectivity index (χ0n) is 46.4. The number of nitrogens with zero attached hydrogens (tertiary/aromatic N) is 13. The van der Waals surface area contributed by atoms with E-state index in [9.17, 15) is 13.6 Å². The third-order valence-electron chi connectivity index (χ3n) is 13.4. The Morgan fingerprint density at radius 3 is 1.40 bits per heavy atom. The van der Waals surface area contributed by atoms with Crippen molar-refractivity contribution < 1.29 is 37.3 Å². The molecule has 4 aromatic carbocycles. The molecule has 432 valence electrons. The molecule has 1 amide bonds. The van der Waals surface area contributed by atoms with E-state index in [1.54, 1.807) is 84.6 Å². The van der Waals surface area contributed by atoms with E-state index in [-0.39, 0.29) is 43.4 Å². The molecule has 0 aliphatic carbocycles. The molecule has 12 rings (SSSR count). The van der Waals surface area contributed by atoms with Gasteiger partial charge in [-0.15, -0.1) is 12.4 Å². The lowest BCUT2D eigenvalue weighted by molar-refractivity contribution is -0.00366.